The van der Waals surface area contributed by atoms with E-state index in [1.54, 1.807) is 23.0 Å². The van der Waals surface area contributed by atoms with Gasteiger partial charge in [-0.2, -0.15) is 9.66 Å². The molecule has 0 atom stereocenters. The summed E-state index contributed by atoms with van der Waals surface area (Å²) in [5, 5.41) is 10.0. The molecule has 150 valence electrons. The van der Waals surface area contributed by atoms with E-state index in [-0.39, 0.29) is 5.56 Å². The molecule has 0 spiro atoms. The van der Waals surface area contributed by atoms with E-state index in [0.717, 1.165) is 27.7 Å². The van der Waals surface area contributed by atoms with E-state index in [2.05, 4.69) is 16.0 Å². The molecule has 0 unspecified atom stereocenters. The number of aromatic nitrogens is 5. The highest BCUT2D eigenvalue weighted by Gasteiger charge is 2.21. The minimum atomic E-state index is -0.0839. The van der Waals surface area contributed by atoms with Gasteiger partial charge < -0.3 is 4.57 Å². The van der Waals surface area contributed by atoms with Gasteiger partial charge in [0, 0.05) is 53.2 Å². The number of benzene rings is 1. The summed E-state index contributed by atoms with van der Waals surface area (Å²) in [6.45, 7) is 1.11. The van der Waals surface area contributed by atoms with Gasteiger partial charge in [0.1, 0.15) is 24.6 Å². The van der Waals surface area contributed by atoms with Crippen LogP contribution < -0.4 is 10.1 Å². The Morgan fingerprint density at radius 1 is 1.03 bits per heavy atom. The summed E-state index contributed by atoms with van der Waals surface area (Å²) in [6.07, 6.45) is 11.1. The highest BCUT2D eigenvalue weighted by molar-refractivity contribution is 5.95. The molecule has 0 saturated carbocycles. The van der Waals surface area contributed by atoms with E-state index >= 15 is 0 Å². The average molecular weight is 407 g/mol. The Labute approximate surface area is 178 Å². The largest absolute Gasteiger partial charge is 0.350 e. The van der Waals surface area contributed by atoms with Gasteiger partial charge in [0.15, 0.2) is 0 Å². The zero-order chi connectivity index (χ0) is 21.2. The maximum Gasteiger partial charge on any atom is 0.350 e. The van der Waals surface area contributed by atoms with Gasteiger partial charge in [-0.25, -0.2) is 19.3 Å². The van der Waals surface area contributed by atoms with E-state index in [0.29, 0.717) is 25.1 Å². The summed E-state index contributed by atoms with van der Waals surface area (Å²) >= 11 is 0. The summed E-state index contributed by atoms with van der Waals surface area (Å²) in [5.74, 6) is 0. The van der Waals surface area contributed by atoms with Gasteiger partial charge in [-0.3, -0.25) is 0 Å². The third kappa shape index (κ3) is 3.34. The van der Waals surface area contributed by atoms with E-state index in [1.165, 1.54) is 6.33 Å². The maximum atomic E-state index is 13.5. The molecule has 7 nitrogen and oxygen atoms in total. The Morgan fingerprint density at radius 3 is 2.68 bits per heavy atom. The number of nitrogens with zero attached hydrogens (tertiary/aromatic N) is 6. The summed E-state index contributed by atoms with van der Waals surface area (Å²) in [6, 6.07) is 15.9. The number of hydrogen-bond acceptors (Lipinski definition) is 4. The van der Waals surface area contributed by atoms with Crippen molar-refractivity contribution in [2.24, 2.45) is 0 Å². The third-order valence-electron chi connectivity index (χ3n) is 5.38. The predicted octanol–water partition coefficient (Wildman–Crippen LogP) is 2.96. The molecule has 4 aromatic heterocycles. The number of aryl methyl sites for hydroxylation is 1. The lowest BCUT2D eigenvalue weighted by atomic mass is 10.1. The van der Waals surface area contributed by atoms with Crippen molar-refractivity contribution >= 4 is 16.6 Å². The van der Waals surface area contributed by atoms with Gasteiger partial charge >= 0.3 is 5.56 Å². The summed E-state index contributed by atoms with van der Waals surface area (Å²) in [5.41, 5.74) is 4.11. The van der Waals surface area contributed by atoms with Crippen LogP contribution in [0.3, 0.4) is 0 Å². The third-order valence-corrected chi connectivity index (χ3v) is 5.38. The predicted molar refractivity (Wildman–Crippen MR) is 116 cm³/mol. The molecule has 31 heavy (non-hydrogen) atoms. The molecule has 0 aliphatic rings. The number of para-hydroxylation sites is 1. The highest BCUT2D eigenvalue weighted by Crippen LogP contribution is 2.28. The van der Waals surface area contributed by atoms with E-state index < -0.39 is 0 Å². The first-order valence-corrected chi connectivity index (χ1v) is 9.99. The SMILES string of the molecule is N#CCCn1cc(-c2c[n+](Cc3cncnc3)c3ccccn3c2=O)c2ccccc21. The Morgan fingerprint density at radius 2 is 1.84 bits per heavy atom. The van der Waals surface area contributed by atoms with Crippen LogP contribution in [0.25, 0.3) is 27.7 Å². The fourth-order valence-electron chi connectivity index (χ4n) is 3.98. The molecule has 5 aromatic rings. The fraction of sp³-hybridized carbons (Fsp3) is 0.125. The monoisotopic (exact) mass is 407 g/mol. The van der Waals surface area contributed by atoms with Crippen LogP contribution in [0.4, 0.5) is 0 Å². The minimum absolute atomic E-state index is 0.0839. The molecule has 0 aliphatic carbocycles. The van der Waals surface area contributed by atoms with Crippen LogP contribution in [-0.4, -0.2) is 18.9 Å². The lowest BCUT2D eigenvalue weighted by molar-refractivity contribution is -0.665. The molecule has 0 N–H and O–H groups in total. The fourth-order valence-corrected chi connectivity index (χ4v) is 3.98. The molecule has 0 aliphatic heterocycles. The Bertz CT molecular complexity index is 1490. The standard InChI is InChI=1S/C24H19N6O/c25-9-5-10-28-15-20(19-6-1-2-7-22(19)28)21-16-29(14-18-12-26-17-27-13-18)23-8-3-4-11-30(23)24(21)31/h1-4,6-8,11-13,15-17H,5,10,14H2/q+1. The van der Waals surface area contributed by atoms with E-state index in [1.807, 2.05) is 64.0 Å². The van der Waals surface area contributed by atoms with Crippen molar-refractivity contribution in [3.05, 3.63) is 95.7 Å². The van der Waals surface area contributed by atoms with Gasteiger partial charge in [-0.15, -0.1) is 0 Å². The summed E-state index contributed by atoms with van der Waals surface area (Å²) in [4.78, 5) is 21.7. The molecule has 7 heteroatoms. The highest BCUT2D eigenvalue weighted by atomic mass is 16.1. The minimum Gasteiger partial charge on any atom is -0.346 e. The Hall–Kier alpha value is -4.31. The lowest BCUT2D eigenvalue weighted by Crippen LogP contribution is -2.40. The van der Waals surface area contributed by atoms with Crippen LogP contribution in [0.15, 0.2) is 84.6 Å². The molecule has 0 bridgehead atoms. The summed E-state index contributed by atoms with van der Waals surface area (Å²) < 4.78 is 5.75. The normalized spacial score (nSPS) is 11.1. The van der Waals surface area contributed by atoms with E-state index in [4.69, 9.17) is 5.26 Å². The zero-order valence-electron chi connectivity index (χ0n) is 16.7. The number of nitriles is 1. The Balaban J connectivity index is 1.75. The zero-order valence-corrected chi connectivity index (χ0v) is 16.7. The van der Waals surface area contributed by atoms with Gasteiger partial charge in [0.05, 0.1) is 18.7 Å². The first kappa shape index (κ1) is 18.7. The summed E-state index contributed by atoms with van der Waals surface area (Å²) in [7, 11) is 0. The van der Waals surface area contributed by atoms with Crippen LogP contribution >= 0.6 is 0 Å². The van der Waals surface area contributed by atoms with Crippen molar-refractivity contribution in [1.29, 1.82) is 5.26 Å². The molecule has 0 amide bonds. The molecule has 4 heterocycles. The van der Waals surface area contributed by atoms with Crippen LogP contribution in [0.1, 0.15) is 12.0 Å². The Kier molecular flexibility index (Phi) is 4.73. The second-order valence-corrected chi connectivity index (χ2v) is 7.31. The number of fused-ring (bicyclic) bond motifs is 2. The van der Waals surface area contributed by atoms with Crippen LogP contribution in [0, 0.1) is 11.3 Å². The quantitative estimate of drug-likeness (QED) is 0.420. The van der Waals surface area contributed by atoms with Gasteiger partial charge in [-0.1, -0.05) is 24.3 Å². The van der Waals surface area contributed by atoms with Crippen molar-refractivity contribution in [2.75, 3.05) is 0 Å². The molecule has 0 radical (unpaired) electrons. The first-order valence-electron chi connectivity index (χ1n) is 9.99. The van der Waals surface area contributed by atoms with Gasteiger partial charge in [-0.05, 0) is 12.1 Å². The molecular weight excluding hydrogens is 388 g/mol. The second kappa shape index (κ2) is 7.84. The maximum absolute atomic E-state index is 13.5. The van der Waals surface area contributed by atoms with Crippen molar-refractivity contribution in [2.45, 2.75) is 19.5 Å². The molecule has 1 aromatic carbocycles. The number of pyridine rings is 1. The number of hydrogen-bond donors (Lipinski definition) is 0. The second-order valence-electron chi connectivity index (χ2n) is 7.31. The van der Waals surface area contributed by atoms with Crippen LogP contribution in [0.2, 0.25) is 0 Å². The van der Waals surface area contributed by atoms with E-state index in [9.17, 15) is 4.79 Å². The molecule has 5 rings (SSSR count). The van der Waals surface area contributed by atoms with Crippen molar-refractivity contribution in [1.82, 2.24) is 18.9 Å². The topological polar surface area (TPSA) is 79.9 Å². The molecular formula is C24H19N6O+. The van der Waals surface area contributed by atoms with Crippen molar-refractivity contribution in [3.8, 4) is 17.2 Å². The first-order chi connectivity index (χ1) is 15.3. The van der Waals surface area contributed by atoms with Crippen LogP contribution in [-0.2, 0) is 13.1 Å². The van der Waals surface area contributed by atoms with Crippen molar-refractivity contribution < 1.29 is 4.57 Å². The van der Waals surface area contributed by atoms with Gasteiger partial charge in [0.2, 0.25) is 0 Å². The van der Waals surface area contributed by atoms with Crippen molar-refractivity contribution in [3.63, 3.8) is 0 Å². The van der Waals surface area contributed by atoms with Gasteiger partial charge in [0.25, 0.3) is 5.65 Å². The lowest BCUT2D eigenvalue weighted by Gasteiger charge is -2.06. The molecule has 0 fully saturated rings. The smallest absolute Gasteiger partial charge is 0.346 e. The van der Waals surface area contributed by atoms with Crippen LogP contribution in [0.5, 0.6) is 0 Å². The molecule has 0 saturated heterocycles. The number of rotatable bonds is 5. The average Bonchev–Trinajstić information content (AvgIpc) is 3.19.